The van der Waals surface area contributed by atoms with Gasteiger partial charge in [0, 0.05) is 6.61 Å². The van der Waals surface area contributed by atoms with Crippen LogP contribution in [0.4, 0.5) is 0 Å². The third-order valence-electron chi connectivity index (χ3n) is 6.47. The van der Waals surface area contributed by atoms with Gasteiger partial charge in [-0.3, -0.25) is 14.9 Å². The average molecular weight is 447 g/mol. The number of nitrogens with zero attached hydrogens (tertiary/aromatic N) is 1. The number of hydrogen-bond acceptors (Lipinski definition) is 6. The number of carboxylic acids is 1. The van der Waals surface area contributed by atoms with Crippen molar-refractivity contribution in [3.8, 4) is 0 Å². The Kier molecular flexibility index (Phi) is 8.64. The Hall–Kier alpha value is -2.45. The van der Waals surface area contributed by atoms with Crippen molar-refractivity contribution in [2.45, 2.75) is 70.1 Å². The number of ether oxygens (including phenoxy) is 2. The largest absolute Gasteiger partial charge is 0.480 e. The predicted molar refractivity (Wildman–Crippen MR) is 118 cm³/mol. The summed E-state index contributed by atoms with van der Waals surface area (Å²) in [7, 11) is 0. The van der Waals surface area contributed by atoms with Gasteiger partial charge < -0.3 is 19.5 Å². The zero-order valence-corrected chi connectivity index (χ0v) is 18.9. The van der Waals surface area contributed by atoms with Crippen molar-refractivity contribution in [3.05, 3.63) is 35.9 Å². The molecule has 8 heteroatoms. The zero-order chi connectivity index (χ0) is 23.1. The summed E-state index contributed by atoms with van der Waals surface area (Å²) in [4.78, 5) is 39.4. The van der Waals surface area contributed by atoms with Crippen molar-refractivity contribution >= 4 is 17.8 Å². The van der Waals surface area contributed by atoms with E-state index in [1.807, 2.05) is 30.3 Å². The van der Waals surface area contributed by atoms with Gasteiger partial charge in [-0.15, -0.1) is 0 Å². The lowest BCUT2D eigenvalue weighted by Crippen LogP contribution is -2.63. The van der Waals surface area contributed by atoms with Crippen molar-refractivity contribution < 1.29 is 29.0 Å². The van der Waals surface area contributed by atoms with Crippen LogP contribution in [0.15, 0.2) is 30.3 Å². The summed E-state index contributed by atoms with van der Waals surface area (Å²) in [6.07, 6.45) is 3.16. The van der Waals surface area contributed by atoms with Gasteiger partial charge in [0.15, 0.2) is 0 Å². The van der Waals surface area contributed by atoms with Gasteiger partial charge in [-0.05, 0) is 57.4 Å². The maximum absolute atomic E-state index is 13.5. The van der Waals surface area contributed by atoms with Gasteiger partial charge in [0.05, 0.1) is 25.3 Å². The van der Waals surface area contributed by atoms with Crippen molar-refractivity contribution in [2.75, 3.05) is 19.8 Å². The number of esters is 1. The number of piperidine rings is 1. The molecular weight excluding hydrogens is 412 g/mol. The SMILES string of the molecule is CCOC(=O)C(CCc1ccccc1)N[C@@H](C)C(=O)N1C2COCCC2CC[C@H]1C(=O)O. The standard InChI is InChI=1S/C24H34N2O6/c1-3-32-24(30)19(11-9-17-7-5-4-6-8-17)25-16(2)22(27)26-20(23(28)29)12-10-18-13-14-31-15-21(18)26/h4-8,16,18-21,25H,3,9-15H2,1-2H3,(H,28,29)/t16-,18?,19?,20-,21?/m0/s1. The first-order valence-corrected chi connectivity index (χ1v) is 11.5. The summed E-state index contributed by atoms with van der Waals surface area (Å²) in [5, 5.41) is 12.9. The van der Waals surface area contributed by atoms with Crippen LogP contribution in [-0.4, -0.2) is 71.8 Å². The molecule has 176 valence electrons. The number of benzene rings is 1. The molecule has 0 aromatic heterocycles. The lowest BCUT2D eigenvalue weighted by atomic mass is 9.82. The first-order chi connectivity index (χ1) is 15.4. The van der Waals surface area contributed by atoms with E-state index in [0.29, 0.717) is 32.5 Å². The van der Waals surface area contributed by atoms with Crippen LogP contribution in [0.1, 0.15) is 45.1 Å². The molecule has 8 nitrogen and oxygen atoms in total. The first kappa shape index (κ1) is 24.2. The van der Waals surface area contributed by atoms with E-state index in [2.05, 4.69) is 5.32 Å². The summed E-state index contributed by atoms with van der Waals surface area (Å²) in [5.74, 6) is -1.47. The predicted octanol–water partition coefficient (Wildman–Crippen LogP) is 2.01. The number of aryl methyl sites for hydroxylation is 1. The maximum Gasteiger partial charge on any atom is 0.326 e. The number of rotatable bonds is 9. The van der Waals surface area contributed by atoms with Crippen LogP contribution in [0.3, 0.4) is 0 Å². The highest BCUT2D eigenvalue weighted by Crippen LogP contribution is 2.34. The van der Waals surface area contributed by atoms with E-state index in [1.165, 1.54) is 4.90 Å². The fraction of sp³-hybridized carbons (Fsp3) is 0.625. The summed E-state index contributed by atoms with van der Waals surface area (Å²) in [6.45, 7) is 4.67. The maximum atomic E-state index is 13.5. The van der Waals surface area contributed by atoms with Crippen LogP contribution < -0.4 is 5.32 Å². The molecule has 0 bridgehead atoms. The second-order valence-corrected chi connectivity index (χ2v) is 8.59. The molecule has 1 amide bonds. The van der Waals surface area contributed by atoms with Gasteiger partial charge >= 0.3 is 11.9 Å². The number of likely N-dealkylation sites (tertiary alicyclic amines) is 1. The molecule has 0 aliphatic carbocycles. The molecule has 2 aliphatic rings. The minimum atomic E-state index is -0.999. The number of nitrogens with one attached hydrogen (secondary N) is 1. The molecule has 3 rings (SSSR count). The smallest absolute Gasteiger partial charge is 0.326 e. The third-order valence-corrected chi connectivity index (χ3v) is 6.47. The summed E-state index contributed by atoms with van der Waals surface area (Å²) in [5.41, 5.74) is 1.09. The van der Waals surface area contributed by atoms with E-state index < -0.39 is 30.1 Å². The summed E-state index contributed by atoms with van der Waals surface area (Å²) in [6, 6.07) is 7.28. The van der Waals surface area contributed by atoms with Crippen LogP contribution >= 0.6 is 0 Å². The van der Waals surface area contributed by atoms with E-state index in [1.54, 1.807) is 13.8 Å². The van der Waals surface area contributed by atoms with Crippen LogP contribution in [0, 0.1) is 5.92 Å². The highest BCUT2D eigenvalue weighted by molar-refractivity contribution is 5.88. The Morgan fingerprint density at radius 3 is 2.66 bits per heavy atom. The van der Waals surface area contributed by atoms with Gasteiger partial charge in [0.25, 0.3) is 0 Å². The van der Waals surface area contributed by atoms with E-state index in [-0.39, 0.29) is 24.5 Å². The fourth-order valence-corrected chi connectivity index (χ4v) is 4.78. The molecule has 2 fully saturated rings. The van der Waals surface area contributed by atoms with Gasteiger partial charge in [-0.25, -0.2) is 4.79 Å². The lowest BCUT2D eigenvalue weighted by molar-refractivity contribution is -0.163. The van der Waals surface area contributed by atoms with Gasteiger partial charge in [0.1, 0.15) is 12.1 Å². The van der Waals surface area contributed by atoms with Crippen molar-refractivity contribution in [1.29, 1.82) is 0 Å². The molecule has 1 aromatic carbocycles. The first-order valence-electron chi connectivity index (χ1n) is 11.5. The van der Waals surface area contributed by atoms with Crippen LogP contribution in [-0.2, 0) is 30.3 Å². The van der Waals surface area contributed by atoms with E-state index in [9.17, 15) is 19.5 Å². The van der Waals surface area contributed by atoms with Crippen molar-refractivity contribution in [2.24, 2.45) is 5.92 Å². The topological polar surface area (TPSA) is 105 Å². The number of fused-ring (bicyclic) bond motifs is 1. The van der Waals surface area contributed by atoms with Crippen molar-refractivity contribution in [1.82, 2.24) is 10.2 Å². The highest BCUT2D eigenvalue weighted by atomic mass is 16.5. The Balaban J connectivity index is 1.72. The quantitative estimate of drug-likeness (QED) is 0.559. The molecule has 2 saturated heterocycles. The molecule has 2 aliphatic heterocycles. The highest BCUT2D eigenvalue weighted by Gasteiger charge is 2.45. The third kappa shape index (κ3) is 5.86. The van der Waals surface area contributed by atoms with Crippen LogP contribution in [0.5, 0.6) is 0 Å². The molecule has 2 heterocycles. The Bertz CT molecular complexity index is 786. The van der Waals surface area contributed by atoms with Crippen LogP contribution in [0.2, 0.25) is 0 Å². The average Bonchev–Trinajstić information content (AvgIpc) is 2.81. The molecule has 0 radical (unpaired) electrons. The summed E-state index contributed by atoms with van der Waals surface area (Å²) >= 11 is 0. The molecule has 32 heavy (non-hydrogen) atoms. The van der Waals surface area contributed by atoms with Crippen molar-refractivity contribution in [3.63, 3.8) is 0 Å². The molecule has 0 saturated carbocycles. The number of carbonyl (C=O) groups excluding carboxylic acids is 2. The number of carboxylic acid groups (broad SMARTS) is 1. The Morgan fingerprint density at radius 1 is 1.22 bits per heavy atom. The molecule has 3 unspecified atom stereocenters. The molecular formula is C24H34N2O6. The number of amides is 1. The van der Waals surface area contributed by atoms with Gasteiger partial charge in [0.2, 0.25) is 5.91 Å². The second-order valence-electron chi connectivity index (χ2n) is 8.59. The van der Waals surface area contributed by atoms with E-state index >= 15 is 0 Å². The molecule has 0 spiro atoms. The fourth-order valence-electron chi connectivity index (χ4n) is 4.78. The summed E-state index contributed by atoms with van der Waals surface area (Å²) < 4.78 is 10.8. The lowest BCUT2D eigenvalue weighted by Gasteiger charge is -2.47. The second kappa shape index (κ2) is 11.4. The number of hydrogen-bond donors (Lipinski definition) is 2. The molecule has 2 N–H and O–H groups in total. The monoisotopic (exact) mass is 446 g/mol. The van der Waals surface area contributed by atoms with Crippen LogP contribution in [0.25, 0.3) is 0 Å². The molecule has 5 atom stereocenters. The van der Waals surface area contributed by atoms with Gasteiger partial charge in [-0.2, -0.15) is 0 Å². The normalized spacial score (nSPS) is 24.8. The zero-order valence-electron chi connectivity index (χ0n) is 18.9. The minimum absolute atomic E-state index is 0.245. The molecule has 1 aromatic rings. The number of aliphatic carboxylic acids is 1. The van der Waals surface area contributed by atoms with E-state index in [4.69, 9.17) is 9.47 Å². The minimum Gasteiger partial charge on any atom is -0.480 e. The van der Waals surface area contributed by atoms with E-state index in [0.717, 1.165) is 18.4 Å². The van der Waals surface area contributed by atoms with Gasteiger partial charge in [-0.1, -0.05) is 30.3 Å². The Labute approximate surface area is 189 Å². The number of carbonyl (C=O) groups is 3. The Morgan fingerprint density at radius 2 is 1.97 bits per heavy atom.